The van der Waals surface area contributed by atoms with E-state index in [2.05, 4.69) is 30.9 Å². The first kappa shape index (κ1) is 20.0. The highest BCUT2D eigenvalue weighted by molar-refractivity contribution is 5.84. The molecule has 30 heavy (non-hydrogen) atoms. The molecule has 4 N–H and O–H groups in total. The number of hydrogen-bond acceptors (Lipinski definition) is 9. The monoisotopic (exact) mass is 423 g/mol. The average Bonchev–Trinajstić information content (AvgIpc) is 3.12. The summed E-state index contributed by atoms with van der Waals surface area (Å²) in [5, 5.41) is 19.3. The molecule has 0 spiro atoms. The minimum Gasteiger partial charge on any atom is -0.351 e. The second-order valence-electron chi connectivity index (χ2n) is 7.05. The van der Waals surface area contributed by atoms with Crippen molar-refractivity contribution in [2.24, 2.45) is 12.9 Å². The summed E-state index contributed by atoms with van der Waals surface area (Å²) in [5.41, 5.74) is 1.41. The van der Waals surface area contributed by atoms with Gasteiger partial charge in [0.1, 0.15) is 0 Å². The van der Waals surface area contributed by atoms with E-state index in [0.717, 1.165) is 23.8 Å². The Kier molecular flexibility index (Phi) is 4.82. The van der Waals surface area contributed by atoms with Crippen molar-refractivity contribution in [3.63, 3.8) is 0 Å². The van der Waals surface area contributed by atoms with Crippen molar-refractivity contribution in [3.05, 3.63) is 23.2 Å². The van der Waals surface area contributed by atoms with Crippen LogP contribution in [0.3, 0.4) is 0 Å². The van der Waals surface area contributed by atoms with E-state index >= 15 is 0 Å². The molecule has 3 heterocycles. The summed E-state index contributed by atoms with van der Waals surface area (Å²) in [7, 11) is 3.42. The molecule has 0 atom stereocenters. The van der Waals surface area contributed by atoms with Gasteiger partial charge in [-0.15, -0.1) is 5.10 Å². The Bertz CT molecular complexity index is 1140. The smallest absolute Gasteiger partial charge is 0.351 e. The van der Waals surface area contributed by atoms with Gasteiger partial charge in [-0.2, -0.15) is 13.2 Å². The Hall–Kier alpha value is -3.26. The van der Waals surface area contributed by atoms with Gasteiger partial charge in [0.15, 0.2) is 17.1 Å². The van der Waals surface area contributed by atoms with Crippen molar-refractivity contribution in [2.75, 3.05) is 43.7 Å². The van der Waals surface area contributed by atoms with Crippen LogP contribution in [0.15, 0.2) is 12.1 Å². The molecule has 11 nitrogen and oxygen atoms in total. The summed E-state index contributed by atoms with van der Waals surface area (Å²) in [6.45, 7) is 2.70. The highest BCUT2D eigenvalue weighted by Gasteiger charge is 2.36. The average molecular weight is 423 g/mol. The Balaban J connectivity index is 1.98. The second-order valence-corrected chi connectivity index (χ2v) is 7.05. The Morgan fingerprint density at radius 3 is 2.40 bits per heavy atom. The molecule has 1 aliphatic heterocycles. The highest BCUT2D eigenvalue weighted by atomic mass is 19.4. The number of rotatable bonds is 3. The van der Waals surface area contributed by atoms with Gasteiger partial charge in [-0.3, -0.25) is 10.9 Å². The standard InChI is InChI=1S/C16H20F3N11/c1-27-3-5-29(6-4-27)15-13(20)30(24-21)12-7-9(14-23-25-26-28(14)2)10(16(17,18)19)8-11(12)22-15/h7-8,20,24H,3-6,21H2,1-2H3. The third-order valence-corrected chi connectivity index (χ3v) is 5.12. The SMILES string of the molecule is CN1CCN(c2nc3cc(C(F)(F)F)c(-c4nnnn4C)cc3n(NN)c2=N)CC1. The van der Waals surface area contributed by atoms with Gasteiger partial charge in [0.2, 0.25) is 0 Å². The van der Waals surface area contributed by atoms with Crippen molar-refractivity contribution in [2.45, 2.75) is 6.18 Å². The maximum Gasteiger partial charge on any atom is 0.417 e. The van der Waals surface area contributed by atoms with E-state index in [4.69, 9.17) is 11.3 Å². The lowest BCUT2D eigenvalue weighted by atomic mass is 10.0. The number of fused-ring (bicyclic) bond motifs is 1. The second kappa shape index (κ2) is 7.21. The molecule has 0 aliphatic carbocycles. The van der Waals surface area contributed by atoms with Gasteiger partial charge >= 0.3 is 6.18 Å². The summed E-state index contributed by atoms with van der Waals surface area (Å²) < 4.78 is 43.9. The Morgan fingerprint density at radius 2 is 1.83 bits per heavy atom. The van der Waals surface area contributed by atoms with E-state index in [1.54, 1.807) is 0 Å². The number of piperazine rings is 1. The molecule has 0 bridgehead atoms. The van der Waals surface area contributed by atoms with Crippen LogP contribution in [0.1, 0.15) is 5.56 Å². The van der Waals surface area contributed by atoms with Gasteiger partial charge < -0.3 is 9.80 Å². The minimum absolute atomic E-state index is 0.0454. The summed E-state index contributed by atoms with van der Waals surface area (Å²) in [6, 6.07) is 2.18. The van der Waals surface area contributed by atoms with E-state index in [1.807, 2.05) is 11.9 Å². The van der Waals surface area contributed by atoms with Crippen molar-refractivity contribution < 1.29 is 13.2 Å². The predicted octanol–water partition coefficient (Wildman–Crippen LogP) is -0.106. The molecular formula is C16H20F3N11. The Morgan fingerprint density at radius 1 is 1.13 bits per heavy atom. The van der Waals surface area contributed by atoms with Crippen LogP contribution in [0.5, 0.6) is 0 Å². The molecule has 160 valence electrons. The van der Waals surface area contributed by atoms with Crippen LogP contribution in [0.4, 0.5) is 19.0 Å². The van der Waals surface area contributed by atoms with Gasteiger partial charge in [-0.1, -0.05) is 0 Å². The molecule has 2 aromatic heterocycles. The van der Waals surface area contributed by atoms with Gasteiger partial charge in [0, 0.05) is 38.8 Å². The summed E-state index contributed by atoms with van der Waals surface area (Å²) >= 11 is 0. The summed E-state index contributed by atoms with van der Waals surface area (Å²) in [6.07, 6.45) is -4.66. The van der Waals surface area contributed by atoms with E-state index in [1.165, 1.54) is 17.8 Å². The maximum absolute atomic E-state index is 13.9. The normalized spacial score (nSPS) is 15.7. The summed E-state index contributed by atoms with van der Waals surface area (Å²) in [5.74, 6) is 5.82. The third-order valence-electron chi connectivity index (χ3n) is 5.12. The van der Waals surface area contributed by atoms with Crippen LogP contribution >= 0.6 is 0 Å². The highest BCUT2D eigenvalue weighted by Crippen LogP contribution is 2.38. The molecule has 0 saturated carbocycles. The van der Waals surface area contributed by atoms with Crippen LogP contribution in [0.2, 0.25) is 0 Å². The number of nitrogens with zero attached hydrogens (tertiary/aromatic N) is 8. The maximum atomic E-state index is 13.9. The largest absolute Gasteiger partial charge is 0.417 e. The molecule has 0 unspecified atom stereocenters. The number of aryl methyl sites for hydroxylation is 1. The van der Waals surface area contributed by atoms with Gasteiger partial charge in [-0.05, 0) is 29.6 Å². The number of nitrogens with one attached hydrogen (secondary N) is 2. The number of likely N-dealkylation sites (N-methyl/N-ethyl adjacent to an activating group) is 1. The van der Waals surface area contributed by atoms with Crippen molar-refractivity contribution >= 4 is 16.9 Å². The zero-order chi connectivity index (χ0) is 21.6. The predicted molar refractivity (Wildman–Crippen MR) is 102 cm³/mol. The molecule has 1 fully saturated rings. The number of benzene rings is 1. The van der Waals surface area contributed by atoms with Crippen LogP contribution in [0, 0.1) is 5.41 Å². The molecule has 14 heteroatoms. The lowest BCUT2D eigenvalue weighted by Gasteiger charge is -2.33. The number of nitrogen functional groups attached to an aromatic ring is 1. The topological polar surface area (TPSA) is 130 Å². The molecule has 3 aromatic rings. The number of aromatic nitrogens is 6. The number of hydrogen-bond donors (Lipinski definition) is 3. The zero-order valence-electron chi connectivity index (χ0n) is 16.3. The van der Waals surface area contributed by atoms with E-state index in [9.17, 15) is 13.2 Å². The van der Waals surface area contributed by atoms with Gasteiger partial charge in [-0.25, -0.2) is 20.2 Å². The molecule has 1 aromatic carbocycles. The lowest BCUT2D eigenvalue weighted by molar-refractivity contribution is -0.137. The fourth-order valence-corrected chi connectivity index (χ4v) is 3.48. The molecule has 1 aliphatic rings. The third kappa shape index (κ3) is 3.33. The van der Waals surface area contributed by atoms with Crippen molar-refractivity contribution in [1.29, 1.82) is 5.41 Å². The van der Waals surface area contributed by atoms with E-state index in [0.29, 0.717) is 13.1 Å². The first-order chi connectivity index (χ1) is 14.2. The zero-order valence-corrected chi connectivity index (χ0v) is 16.3. The Labute approximate surface area is 168 Å². The molecule has 4 rings (SSSR count). The molecule has 0 amide bonds. The first-order valence-corrected chi connectivity index (χ1v) is 9.06. The fraction of sp³-hybridized carbons (Fsp3) is 0.438. The number of anilines is 1. The fourth-order valence-electron chi connectivity index (χ4n) is 3.48. The van der Waals surface area contributed by atoms with Crippen LogP contribution in [-0.4, -0.2) is 68.0 Å². The molecule has 1 saturated heterocycles. The minimum atomic E-state index is -4.66. The van der Waals surface area contributed by atoms with Crippen LogP contribution in [0.25, 0.3) is 22.4 Å². The quantitative estimate of drug-likeness (QED) is 0.393. The van der Waals surface area contributed by atoms with Crippen LogP contribution < -0.4 is 21.8 Å². The number of halogens is 3. The van der Waals surface area contributed by atoms with Crippen LogP contribution in [-0.2, 0) is 13.2 Å². The number of tetrazole rings is 1. The van der Waals surface area contributed by atoms with Gasteiger partial charge in [0.25, 0.3) is 0 Å². The van der Waals surface area contributed by atoms with Gasteiger partial charge in [0.05, 0.1) is 16.6 Å². The summed E-state index contributed by atoms with van der Waals surface area (Å²) in [4.78, 5) is 8.38. The van der Waals surface area contributed by atoms with Crippen molar-refractivity contribution in [1.82, 2.24) is 34.8 Å². The molecular weight excluding hydrogens is 403 g/mol. The van der Waals surface area contributed by atoms with E-state index in [-0.39, 0.29) is 33.7 Å². The number of nitrogens with two attached hydrogens (primary N) is 1. The first-order valence-electron chi connectivity index (χ1n) is 9.06. The lowest BCUT2D eigenvalue weighted by Crippen LogP contribution is -2.48. The van der Waals surface area contributed by atoms with E-state index < -0.39 is 11.7 Å². The molecule has 0 radical (unpaired) electrons. The number of alkyl halides is 3. The van der Waals surface area contributed by atoms with Crippen molar-refractivity contribution in [3.8, 4) is 11.4 Å². The number of hydrazine groups is 1.